The van der Waals surface area contributed by atoms with Crippen molar-refractivity contribution in [1.29, 1.82) is 0 Å². The number of amides is 1. The normalized spacial score (nSPS) is 16.8. The van der Waals surface area contributed by atoms with E-state index in [1.807, 2.05) is 12.1 Å². The number of benzene rings is 3. The summed E-state index contributed by atoms with van der Waals surface area (Å²) in [5.74, 6) is -2.18. The lowest BCUT2D eigenvalue weighted by molar-refractivity contribution is 0.0639. The molecule has 178 valence electrons. The molecule has 35 heavy (non-hydrogen) atoms. The predicted molar refractivity (Wildman–Crippen MR) is 123 cm³/mol. The summed E-state index contributed by atoms with van der Waals surface area (Å²) in [6, 6.07) is 12.9. The van der Waals surface area contributed by atoms with Crippen LogP contribution in [0, 0.1) is 17.5 Å². The maximum atomic E-state index is 15.3. The first-order valence-corrected chi connectivity index (χ1v) is 11.2. The fourth-order valence-electron chi connectivity index (χ4n) is 5.13. The number of aliphatic hydroxyl groups is 1. The Morgan fingerprint density at radius 1 is 1.06 bits per heavy atom. The number of anilines is 2. The van der Waals surface area contributed by atoms with Crippen molar-refractivity contribution in [2.45, 2.75) is 12.6 Å². The SMILES string of the molecule is O=C1c2cc(F)cc(F)c2N(c2cccc(F)c2)C2c3[nH]c4ccc(OCCO)cc4c3CCN12. The molecule has 6 nitrogen and oxygen atoms in total. The number of halogens is 3. The molecule has 2 N–H and O–H groups in total. The summed E-state index contributed by atoms with van der Waals surface area (Å²) in [5, 5.41) is 9.95. The van der Waals surface area contributed by atoms with E-state index < -0.39 is 29.5 Å². The number of hydrogen-bond acceptors (Lipinski definition) is 4. The van der Waals surface area contributed by atoms with Crippen molar-refractivity contribution in [1.82, 2.24) is 9.88 Å². The molecular formula is C26H20F3N3O3. The van der Waals surface area contributed by atoms with Crippen molar-refractivity contribution in [3.8, 4) is 5.75 Å². The molecule has 1 aromatic heterocycles. The molecule has 2 aliphatic rings. The molecule has 2 aliphatic heterocycles. The van der Waals surface area contributed by atoms with Crippen molar-refractivity contribution >= 4 is 28.2 Å². The first-order chi connectivity index (χ1) is 17.0. The van der Waals surface area contributed by atoms with Gasteiger partial charge in [0.15, 0.2) is 12.0 Å². The van der Waals surface area contributed by atoms with Crippen LogP contribution in [0.2, 0.25) is 0 Å². The Kier molecular flexibility index (Phi) is 4.96. The van der Waals surface area contributed by atoms with Gasteiger partial charge in [-0.2, -0.15) is 0 Å². The molecule has 0 saturated heterocycles. The molecule has 3 heterocycles. The quantitative estimate of drug-likeness (QED) is 0.441. The maximum Gasteiger partial charge on any atom is 0.258 e. The standard InChI is InChI=1S/C26H20F3N3O3/c27-14-2-1-3-16(10-14)32-24-20(11-15(28)12-21(24)29)26(34)31-7-6-18-19-13-17(35-9-8-33)4-5-22(19)30-23(18)25(31)32/h1-5,10-13,25,30,33H,6-9H2. The zero-order valence-corrected chi connectivity index (χ0v) is 18.4. The first-order valence-electron chi connectivity index (χ1n) is 11.2. The third kappa shape index (κ3) is 3.34. The maximum absolute atomic E-state index is 15.3. The van der Waals surface area contributed by atoms with Crippen LogP contribution in [0.1, 0.15) is 27.8 Å². The van der Waals surface area contributed by atoms with E-state index in [9.17, 15) is 13.6 Å². The lowest BCUT2D eigenvalue weighted by Crippen LogP contribution is -2.51. The Balaban J connectivity index is 1.58. The van der Waals surface area contributed by atoms with E-state index in [2.05, 4.69) is 4.98 Å². The Morgan fingerprint density at radius 3 is 2.71 bits per heavy atom. The lowest BCUT2D eigenvalue weighted by atomic mass is 9.94. The highest BCUT2D eigenvalue weighted by molar-refractivity contribution is 6.04. The number of nitrogens with one attached hydrogen (secondary N) is 1. The predicted octanol–water partition coefficient (Wildman–Crippen LogP) is 4.81. The van der Waals surface area contributed by atoms with Crippen LogP contribution in [-0.4, -0.2) is 40.7 Å². The Morgan fingerprint density at radius 2 is 1.91 bits per heavy atom. The largest absolute Gasteiger partial charge is 0.491 e. The molecule has 4 aromatic rings. The summed E-state index contributed by atoms with van der Waals surface area (Å²) in [7, 11) is 0. The van der Waals surface area contributed by atoms with Gasteiger partial charge in [-0.25, -0.2) is 13.2 Å². The van der Waals surface area contributed by atoms with Crippen LogP contribution in [0.15, 0.2) is 54.6 Å². The summed E-state index contributed by atoms with van der Waals surface area (Å²) in [6.45, 7) is 0.341. The fraction of sp³-hybridized carbons (Fsp3) is 0.192. The number of fused-ring (bicyclic) bond motifs is 6. The third-order valence-corrected chi connectivity index (χ3v) is 6.52. The number of aromatic amines is 1. The smallest absolute Gasteiger partial charge is 0.258 e. The number of ether oxygens (including phenoxy) is 1. The zero-order chi connectivity index (χ0) is 24.3. The Hall–Kier alpha value is -3.98. The molecule has 0 bridgehead atoms. The van der Waals surface area contributed by atoms with Gasteiger partial charge in [-0.1, -0.05) is 6.07 Å². The summed E-state index contributed by atoms with van der Waals surface area (Å²) >= 11 is 0. The highest BCUT2D eigenvalue weighted by Gasteiger charge is 2.45. The van der Waals surface area contributed by atoms with Gasteiger partial charge in [0.2, 0.25) is 0 Å². The summed E-state index contributed by atoms with van der Waals surface area (Å²) in [4.78, 5) is 19.9. The number of aliphatic hydroxyl groups excluding tert-OH is 1. The highest BCUT2D eigenvalue weighted by Crippen LogP contribution is 2.48. The third-order valence-electron chi connectivity index (χ3n) is 6.52. The molecule has 1 atom stereocenters. The van der Waals surface area contributed by atoms with Crippen LogP contribution in [0.25, 0.3) is 10.9 Å². The molecule has 1 unspecified atom stereocenters. The molecule has 9 heteroatoms. The van der Waals surface area contributed by atoms with Crippen LogP contribution in [0.4, 0.5) is 24.5 Å². The van der Waals surface area contributed by atoms with Crippen molar-refractivity contribution < 1.29 is 27.8 Å². The van der Waals surface area contributed by atoms with Crippen LogP contribution in [0.3, 0.4) is 0 Å². The van der Waals surface area contributed by atoms with Gasteiger partial charge in [0, 0.05) is 29.2 Å². The number of aromatic nitrogens is 1. The minimum Gasteiger partial charge on any atom is -0.491 e. The molecule has 0 spiro atoms. The topological polar surface area (TPSA) is 68.8 Å². The molecule has 0 radical (unpaired) electrons. The number of nitrogens with zero attached hydrogens (tertiary/aromatic N) is 2. The zero-order valence-electron chi connectivity index (χ0n) is 18.4. The fourth-order valence-corrected chi connectivity index (χ4v) is 5.13. The average molecular weight is 479 g/mol. The average Bonchev–Trinajstić information content (AvgIpc) is 3.21. The Labute approximate surface area is 198 Å². The van der Waals surface area contributed by atoms with Crippen LogP contribution in [-0.2, 0) is 6.42 Å². The number of rotatable bonds is 4. The number of hydrogen-bond donors (Lipinski definition) is 2. The van der Waals surface area contributed by atoms with Crippen molar-refractivity contribution in [2.75, 3.05) is 24.7 Å². The summed E-state index contributed by atoms with van der Waals surface area (Å²) in [5.41, 5.74) is 2.51. The molecule has 6 rings (SSSR count). The van der Waals surface area contributed by atoms with Gasteiger partial charge in [0.1, 0.15) is 24.0 Å². The van der Waals surface area contributed by atoms with Gasteiger partial charge in [-0.3, -0.25) is 4.79 Å². The molecule has 0 aliphatic carbocycles. The minimum atomic E-state index is -0.903. The molecular weight excluding hydrogens is 459 g/mol. The molecule has 0 fully saturated rings. The number of carbonyl (C=O) groups is 1. The van der Waals surface area contributed by atoms with E-state index in [0.29, 0.717) is 30.1 Å². The molecule has 0 saturated carbocycles. The van der Waals surface area contributed by atoms with Gasteiger partial charge in [0.25, 0.3) is 5.91 Å². The summed E-state index contributed by atoms with van der Waals surface area (Å²) < 4.78 is 49.2. The molecule has 3 aromatic carbocycles. The lowest BCUT2D eigenvalue weighted by Gasteiger charge is -2.47. The van der Waals surface area contributed by atoms with E-state index >= 15 is 4.39 Å². The number of H-pyrrole nitrogens is 1. The van der Waals surface area contributed by atoms with Crippen molar-refractivity contribution in [2.24, 2.45) is 0 Å². The molecule has 1 amide bonds. The van der Waals surface area contributed by atoms with Crippen LogP contribution in [0.5, 0.6) is 5.75 Å². The monoisotopic (exact) mass is 479 g/mol. The number of carbonyl (C=O) groups excluding carboxylic acids is 1. The second-order valence-electron chi connectivity index (χ2n) is 8.55. The van der Waals surface area contributed by atoms with E-state index in [1.54, 1.807) is 21.9 Å². The van der Waals surface area contributed by atoms with Crippen molar-refractivity contribution in [3.05, 3.63) is 88.9 Å². The van der Waals surface area contributed by atoms with E-state index in [4.69, 9.17) is 9.84 Å². The van der Waals surface area contributed by atoms with Crippen LogP contribution >= 0.6 is 0 Å². The van der Waals surface area contributed by atoms with E-state index in [0.717, 1.165) is 28.6 Å². The van der Waals surface area contributed by atoms with Crippen molar-refractivity contribution in [3.63, 3.8) is 0 Å². The van der Waals surface area contributed by atoms with Gasteiger partial charge >= 0.3 is 0 Å². The van der Waals surface area contributed by atoms with E-state index in [-0.39, 0.29) is 24.5 Å². The van der Waals surface area contributed by atoms with Gasteiger partial charge < -0.3 is 24.6 Å². The van der Waals surface area contributed by atoms with Gasteiger partial charge in [-0.15, -0.1) is 0 Å². The van der Waals surface area contributed by atoms with Crippen LogP contribution < -0.4 is 9.64 Å². The minimum absolute atomic E-state index is 0.0956. The summed E-state index contributed by atoms with van der Waals surface area (Å²) in [6.07, 6.45) is -0.291. The Bertz CT molecular complexity index is 1490. The van der Waals surface area contributed by atoms with Gasteiger partial charge in [-0.05, 0) is 54.4 Å². The second kappa shape index (κ2) is 8.06. The van der Waals surface area contributed by atoms with E-state index in [1.165, 1.54) is 18.2 Å². The second-order valence-corrected chi connectivity index (χ2v) is 8.55. The highest BCUT2D eigenvalue weighted by atomic mass is 19.1. The first kappa shape index (κ1) is 21.5. The van der Waals surface area contributed by atoms with Gasteiger partial charge in [0.05, 0.1) is 23.6 Å².